The number of β-amino-alcohol motifs (C(OH)–C–C–N with tert-alkyl or cyclic N) is 1. The number of piperidine rings is 1. The van der Waals surface area contributed by atoms with Crippen LogP contribution < -0.4 is 4.90 Å². The SMILES string of the molecule is O=C(c1occc1CN1C(=O)Cc2ccccc21)N1CCCC(O)C1. The van der Waals surface area contributed by atoms with E-state index in [0.717, 1.165) is 17.7 Å². The van der Waals surface area contributed by atoms with Crippen molar-refractivity contribution in [2.75, 3.05) is 18.0 Å². The molecule has 2 amide bonds. The maximum absolute atomic E-state index is 12.7. The Morgan fingerprint density at radius 2 is 2.12 bits per heavy atom. The van der Waals surface area contributed by atoms with Gasteiger partial charge in [0.2, 0.25) is 5.91 Å². The number of fused-ring (bicyclic) bond motifs is 1. The predicted molar refractivity (Wildman–Crippen MR) is 91.2 cm³/mol. The molecular weight excluding hydrogens is 320 g/mol. The fraction of sp³-hybridized carbons (Fsp3) is 0.368. The van der Waals surface area contributed by atoms with Gasteiger partial charge in [-0.1, -0.05) is 18.2 Å². The van der Waals surface area contributed by atoms with Crippen molar-refractivity contribution in [3.05, 3.63) is 53.5 Å². The van der Waals surface area contributed by atoms with Gasteiger partial charge < -0.3 is 19.3 Å². The van der Waals surface area contributed by atoms with Crippen LogP contribution in [0.1, 0.15) is 34.5 Å². The first kappa shape index (κ1) is 15.9. The largest absolute Gasteiger partial charge is 0.459 e. The van der Waals surface area contributed by atoms with Crippen molar-refractivity contribution in [3.8, 4) is 0 Å². The fourth-order valence-electron chi connectivity index (χ4n) is 3.59. The lowest BCUT2D eigenvalue weighted by molar-refractivity contribution is -0.117. The molecule has 1 aromatic carbocycles. The van der Waals surface area contributed by atoms with Crippen molar-refractivity contribution in [1.82, 2.24) is 4.90 Å². The third-order valence-corrected chi connectivity index (χ3v) is 4.88. The molecule has 0 bridgehead atoms. The normalized spacial score (nSPS) is 20.0. The van der Waals surface area contributed by atoms with Gasteiger partial charge in [-0.3, -0.25) is 9.59 Å². The average molecular weight is 340 g/mol. The lowest BCUT2D eigenvalue weighted by Crippen LogP contribution is -2.42. The summed E-state index contributed by atoms with van der Waals surface area (Å²) in [5, 5.41) is 9.79. The molecule has 25 heavy (non-hydrogen) atoms. The molecule has 130 valence electrons. The first-order valence-electron chi connectivity index (χ1n) is 8.55. The molecule has 1 aromatic heterocycles. The van der Waals surface area contributed by atoms with E-state index in [0.29, 0.717) is 38.0 Å². The van der Waals surface area contributed by atoms with Gasteiger partial charge in [0, 0.05) is 24.3 Å². The van der Waals surface area contributed by atoms with Crippen molar-refractivity contribution in [1.29, 1.82) is 0 Å². The molecule has 1 unspecified atom stereocenters. The van der Waals surface area contributed by atoms with Crippen LogP contribution in [0.2, 0.25) is 0 Å². The van der Waals surface area contributed by atoms with Crippen molar-refractivity contribution in [3.63, 3.8) is 0 Å². The minimum Gasteiger partial charge on any atom is -0.459 e. The zero-order chi connectivity index (χ0) is 17.4. The zero-order valence-corrected chi connectivity index (χ0v) is 13.9. The summed E-state index contributed by atoms with van der Waals surface area (Å²) < 4.78 is 5.44. The van der Waals surface area contributed by atoms with E-state index in [1.54, 1.807) is 15.9 Å². The Balaban J connectivity index is 1.56. The third kappa shape index (κ3) is 2.93. The monoisotopic (exact) mass is 340 g/mol. The molecule has 4 rings (SSSR count). The van der Waals surface area contributed by atoms with Crippen molar-refractivity contribution >= 4 is 17.5 Å². The number of furan rings is 1. The number of hydrogen-bond donors (Lipinski definition) is 1. The van der Waals surface area contributed by atoms with Crippen molar-refractivity contribution in [2.24, 2.45) is 0 Å². The lowest BCUT2D eigenvalue weighted by atomic mass is 10.1. The first-order chi connectivity index (χ1) is 12.1. The molecule has 0 aliphatic carbocycles. The van der Waals surface area contributed by atoms with E-state index in [1.807, 2.05) is 24.3 Å². The zero-order valence-electron chi connectivity index (χ0n) is 13.9. The Morgan fingerprint density at radius 3 is 2.96 bits per heavy atom. The second-order valence-electron chi connectivity index (χ2n) is 6.61. The Hall–Kier alpha value is -2.60. The van der Waals surface area contributed by atoms with Crippen molar-refractivity contribution in [2.45, 2.75) is 31.9 Å². The number of benzene rings is 1. The quantitative estimate of drug-likeness (QED) is 0.927. The van der Waals surface area contributed by atoms with Crippen LogP contribution in [0.5, 0.6) is 0 Å². The molecule has 2 aliphatic heterocycles. The average Bonchev–Trinajstić information content (AvgIpc) is 3.19. The van der Waals surface area contributed by atoms with Gasteiger partial charge in [-0.05, 0) is 30.5 Å². The number of amides is 2. The summed E-state index contributed by atoms with van der Waals surface area (Å²) in [6.07, 6.45) is 2.88. The number of para-hydroxylation sites is 1. The maximum Gasteiger partial charge on any atom is 0.290 e. The summed E-state index contributed by atoms with van der Waals surface area (Å²) in [6.45, 7) is 1.25. The molecule has 2 aromatic rings. The smallest absolute Gasteiger partial charge is 0.290 e. The molecule has 2 aliphatic rings. The van der Waals surface area contributed by atoms with Crippen LogP contribution in [0.15, 0.2) is 41.0 Å². The van der Waals surface area contributed by atoms with Crippen LogP contribution in [-0.2, 0) is 17.8 Å². The number of anilines is 1. The lowest BCUT2D eigenvalue weighted by Gasteiger charge is -2.29. The molecule has 0 saturated carbocycles. The Kier molecular flexibility index (Phi) is 4.05. The Labute approximate surface area is 145 Å². The first-order valence-corrected chi connectivity index (χ1v) is 8.55. The minimum absolute atomic E-state index is 0.0224. The Morgan fingerprint density at radius 1 is 1.28 bits per heavy atom. The van der Waals surface area contributed by atoms with Crippen molar-refractivity contribution < 1.29 is 19.1 Å². The highest BCUT2D eigenvalue weighted by Crippen LogP contribution is 2.31. The summed E-state index contributed by atoms with van der Waals surface area (Å²) in [5.74, 6) is 0.0548. The molecular formula is C19H20N2O4. The topological polar surface area (TPSA) is 74.0 Å². The fourth-order valence-corrected chi connectivity index (χ4v) is 3.59. The van der Waals surface area contributed by atoms with Gasteiger partial charge in [0.15, 0.2) is 5.76 Å². The van der Waals surface area contributed by atoms with Gasteiger partial charge in [0.25, 0.3) is 5.91 Å². The van der Waals surface area contributed by atoms with Crippen LogP contribution >= 0.6 is 0 Å². The van der Waals surface area contributed by atoms with E-state index in [-0.39, 0.29) is 17.6 Å². The van der Waals surface area contributed by atoms with Crippen LogP contribution in [-0.4, -0.2) is 41.0 Å². The second-order valence-corrected chi connectivity index (χ2v) is 6.61. The summed E-state index contributed by atoms with van der Waals surface area (Å²) in [7, 11) is 0. The number of carbonyl (C=O) groups is 2. The van der Waals surface area contributed by atoms with E-state index >= 15 is 0 Å². The molecule has 1 saturated heterocycles. The summed E-state index contributed by atoms with van der Waals surface area (Å²) >= 11 is 0. The molecule has 6 nitrogen and oxygen atoms in total. The van der Waals surface area contributed by atoms with Crippen LogP contribution in [0.25, 0.3) is 0 Å². The van der Waals surface area contributed by atoms with E-state index in [2.05, 4.69) is 0 Å². The summed E-state index contributed by atoms with van der Waals surface area (Å²) in [4.78, 5) is 28.4. The number of rotatable bonds is 3. The summed E-state index contributed by atoms with van der Waals surface area (Å²) in [5.41, 5.74) is 2.58. The minimum atomic E-state index is -0.483. The number of aliphatic hydroxyl groups is 1. The van der Waals surface area contributed by atoms with E-state index in [9.17, 15) is 14.7 Å². The maximum atomic E-state index is 12.7. The molecule has 1 N–H and O–H groups in total. The van der Waals surface area contributed by atoms with E-state index in [4.69, 9.17) is 4.42 Å². The van der Waals surface area contributed by atoms with E-state index < -0.39 is 6.10 Å². The second kappa shape index (κ2) is 6.37. The van der Waals surface area contributed by atoms with Crippen LogP contribution in [0.4, 0.5) is 5.69 Å². The standard InChI is InChI=1S/C19H20N2O4/c22-15-5-3-8-20(12-15)19(24)18-14(7-9-25-18)11-21-16-6-2-1-4-13(16)10-17(21)23/h1-2,4,6-7,9,15,22H,3,5,8,10-12H2. The molecule has 1 fully saturated rings. The van der Waals surface area contributed by atoms with Crippen LogP contribution in [0, 0.1) is 0 Å². The highest BCUT2D eigenvalue weighted by atomic mass is 16.3. The predicted octanol–water partition coefficient (Wildman–Crippen LogP) is 1.97. The molecule has 3 heterocycles. The van der Waals surface area contributed by atoms with Gasteiger partial charge in [-0.25, -0.2) is 0 Å². The van der Waals surface area contributed by atoms with Gasteiger partial charge in [0.1, 0.15) is 0 Å². The summed E-state index contributed by atoms with van der Waals surface area (Å²) in [6, 6.07) is 9.43. The van der Waals surface area contributed by atoms with Crippen LogP contribution in [0.3, 0.4) is 0 Å². The van der Waals surface area contributed by atoms with E-state index in [1.165, 1.54) is 6.26 Å². The number of carbonyl (C=O) groups excluding carboxylic acids is 2. The number of hydrogen-bond acceptors (Lipinski definition) is 4. The number of likely N-dealkylation sites (tertiary alicyclic amines) is 1. The van der Waals surface area contributed by atoms with Gasteiger partial charge in [0.05, 0.1) is 25.3 Å². The molecule has 0 spiro atoms. The molecule has 1 atom stereocenters. The molecule has 0 radical (unpaired) electrons. The van der Waals surface area contributed by atoms with Gasteiger partial charge in [-0.15, -0.1) is 0 Å². The number of nitrogens with zero attached hydrogens (tertiary/aromatic N) is 2. The number of aliphatic hydroxyl groups excluding tert-OH is 1. The highest BCUT2D eigenvalue weighted by Gasteiger charge is 2.31. The van der Waals surface area contributed by atoms with Gasteiger partial charge in [-0.2, -0.15) is 0 Å². The molecule has 6 heteroatoms. The third-order valence-electron chi connectivity index (χ3n) is 4.88. The van der Waals surface area contributed by atoms with Gasteiger partial charge >= 0.3 is 0 Å². The Bertz CT molecular complexity index is 813. The highest BCUT2D eigenvalue weighted by molar-refractivity contribution is 6.01.